The van der Waals surface area contributed by atoms with Gasteiger partial charge in [0.05, 0.1) is 0 Å². The normalized spacial score (nSPS) is 20.7. The van der Waals surface area contributed by atoms with Crippen LogP contribution in [-0.2, 0) is 19.6 Å². The number of sulfonamides is 1. The van der Waals surface area contributed by atoms with Crippen molar-refractivity contribution in [3.05, 3.63) is 17.5 Å². The maximum Gasteiger partial charge on any atom is 0.252 e. The van der Waals surface area contributed by atoms with Crippen LogP contribution in [0.5, 0.6) is 0 Å². The number of hydrogen-bond acceptors (Lipinski definition) is 5. The molecule has 0 aliphatic carbocycles. The summed E-state index contributed by atoms with van der Waals surface area (Å²) in [5.74, 6) is 0.00854. The van der Waals surface area contributed by atoms with Gasteiger partial charge in [0.2, 0.25) is 11.8 Å². The van der Waals surface area contributed by atoms with E-state index in [0.717, 1.165) is 0 Å². The molecule has 2 amide bonds. The molecule has 3 rings (SSSR count). The summed E-state index contributed by atoms with van der Waals surface area (Å²) in [6.45, 7) is 4.58. The molecule has 0 radical (unpaired) electrons. The molecular formula is C16H23N3O4S2. The molecule has 0 unspecified atom stereocenters. The van der Waals surface area contributed by atoms with E-state index in [-0.39, 0.29) is 17.7 Å². The molecule has 0 atom stereocenters. The first-order chi connectivity index (χ1) is 11.9. The highest BCUT2D eigenvalue weighted by molar-refractivity contribution is 7.91. The number of rotatable bonds is 3. The highest BCUT2D eigenvalue weighted by atomic mass is 32.2. The van der Waals surface area contributed by atoms with Gasteiger partial charge in [0.15, 0.2) is 0 Å². The van der Waals surface area contributed by atoms with Crippen LogP contribution in [0, 0.1) is 5.92 Å². The molecule has 0 spiro atoms. The van der Waals surface area contributed by atoms with Crippen molar-refractivity contribution in [1.82, 2.24) is 14.1 Å². The second-order valence-electron chi connectivity index (χ2n) is 6.44. The lowest BCUT2D eigenvalue weighted by Gasteiger charge is -2.38. The Labute approximate surface area is 152 Å². The van der Waals surface area contributed by atoms with Crippen LogP contribution in [0.25, 0.3) is 0 Å². The van der Waals surface area contributed by atoms with Crippen molar-refractivity contribution in [2.24, 2.45) is 5.92 Å². The summed E-state index contributed by atoms with van der Waals surface area (Å²) in [6, 6.07) is 3.35. The van der Waals surface area contributed by atoms with Crippen molar-refractivity contribution < 1.29 is 18.0 Å². The SMILES string of the molecule is CC(=O)N1CCN(C(=O)C2CCN(S(=O)(=O)c3cccs3)CC2)CC1. The number of carbonyl (C=O) groups is 2. The number of thiophene rings is 1. The van der Waals surface area contributed by atoms with E-state index in [1.807, 2.05) is 4.90 Å². The fourth-order valence-corrected chi connectivity index (χ4v) is 5.99. The largest absolute Gasteiger partial charge is 0.339 e. The van der Waals surface area contributed by atoms with E-state index in [9.17, 15) is 18.0 Å². The van der Waals surface area contributed by atoms with Crippen molar-refractivity contribution in [2.75, 3.05) is 39.3 Å². The zero-order valence-corrected chi connectivity index (χ0v) is 15.9. The number of amides is 2. The molecule has 2 aliphatic heterocycles. The Bertz CT molecular complexity index is 717. The number of piperazine rings is 1. The fourth-order valence-electron chi connectivity index (χ4n) is 3.38. The Kier molecular flexibility index (Phi) is 5.45. The van der Waals surface area contributed by atoms with Crippen LogP contribution in [0.4, 0.5) is 0 Å². The van der Waals surface area contributed by atoms with E-state index in [2.05, 4.69) is 0 Å². The summed E-state index contributed by atoms with van der Waals surface area (Å²) in [5.41, 5.74) is 0. The van der Waals surface area contributed by atoms with Gasteiger partial charge in [-0.25, -0.2) is 8.42 Å². The molecule has 2 aliphatic rings. The lowest BCUT2D eigenvalue weighted by atomic mass is 9.96. The van der Waals surface area contributed by atoms with Crippen LogP contribution in [0.3, 0.4) is 0 Å². The summed E-state index contributed by atoms with van der Waals surface area (Å²) in [7, 11) is -3.43. The van der Waals surface area contributed by atoms with E-state index in [1.165, 1.54) is 15.6 Å². The Balaban J connectivity index is 1.54. The second kappa shape index (κ2) is 7.43. The monoisotopic (exact) mass is 385 g/mol. The third kappa shape index (κ3) is 3.88. The van der Waals surface area contributed by atoms with E-state index >= 15 is 0 Å². The fraction of sp³-hybridized carbons (Fsp3) is 0.625. The van der Waals surface area contributed by atoms with Gasteiger partial charge in [-0.2, -0.15) is 4.31 Å². The Morgan fingerprint density at radius 1 is 1.04 bits per heavy atom. The van der Waals surface area contributed by atoms with Gasteiger partial charge in [-0.1, -0.05) is 6.07 Å². The van der Waals surface area contributed by atoms with Crippen molar-refractivity contribution in [3.8, 4) is 0 Å². The van der Waals surface area contributed by atoms with Crippen molar-refractivity contribution >= 4 is 33.2 Å². The molecule has 25 heavy (non-hydrogen) atoms. The summed E-state index contributed by atoms with van der Waals surface area (Å²) < 4.78 is 26.9. The van der Waals surface area contributed by atoms with Crippen LogP contribution in [0.1, 0.15) is 19.8 Å². The summed E-state index contributed by atoms with van der Waals surface area (Å²) >= 11 is 1.22. The molecule has 7 nitrogen and oxygen atoms in total. The minimum atomic E-state index is -3.43. The minimum absolute atomic E-state index is 0.0409. The van der Waals surface area contributed by atoms with Gasteiger partial charge in [-0.3, -0.25) is 9.59 Å². The van der Waals surface area contributed by atoms with E-state index in [4.69, 9.17) is 0 Å². The van der Waals surface area contributed by atoms with Crippen LogP contribution < -0.4 is 0 Å². The topological polar surface area (TPSA) is 78.0 Å². The van der Waals surface area contributed by atoms with Gasteiger partial charge in [-0.05, 0) is 24.3 Å². The van der Waals surface area contributed by atoms with E-state index < -0.39 is 10.0 Å². The zero-order chi connectivity index (χ0) is 18.0. The lowest BCUT2D eigenvalue weighted by molar-refractivity contribution is -0.142. The first kappa shape index (κ1) is 18.3. The van der Waals surface area contributed by atoms with Gasteiger partial charge in [0.25, 0.3) is 10.0 Å². The molecule has 1 aromatic heterocycles. The molecule has 138 valence electrons. The molecule has 0 bridgehead atoms. The number of piperidine rings is 1. The summed E-state index contributed by atoms with van der Waals surface area (Å²) in [6.07, 6.45) is 1.10. The number of nitrogens with zero attached hydrogens (tertiary/aromatic N) is 3. The molecule has 0 N–H and O–H groups in total. The maximum absolute atomic E-state index is 12.7. The Hall–Kier alpha value is -1.45. The van der Waals surface area contributed by atoms with Crippen LogP contribution in [0.2, 0.25) is 0 Å². The predicted octanol–water partition coefficient (Wildman–Crippen LogP) is 0.839. The molecular weight excluding hydrogens is 362 g/mol. The van der Waals surface area contributed by atoms with Crippen molar-refractivity contribution in [2.45, 2.75) is 24.0 Å². The molecule has 0 aromatic carbocycles. The van der Waals surface area contributed by atoms with Gasteiger partial charge in [0.1, 0.15) is 4.21 Å². The predicted molar refractivity (Wildman–Crippen MR) is 94.6 cm³/mol. The first-order valence-corrected chi connectivity index (χ1v) is 10.8. The number of hydrogen-bond donors (Lipinski definition) is 0. The third-order valence-corrected chi connectivity index (χ3v) is 8.20. The van der Waals surface area contributed by atoms with Gasteiger partial charge in [0, 0.05) is 52.1 Å². The summed E-state index contributed by atoms with van der Waals surface area (Å²) in [5, 5.41) is 1.75. The quantitative estimate of drug-likeness (QED) is 0.772. The Morgan fingerprint density at radius 3 is 2.16 bits per heavy atom. The highest BCUT2D eigenvalue weighted by Crippen LogP contribution is 2.27. The van der Waals surface area contributed by atoms with Gasteiger partial charge < -0.3 is 9.80 Å². The lowest BCUT2D eigenvalue weighted by Crippen LogP contribution is -2.52. The van der Waals surface area contributed by atoms with Crippen LogP contribution >= 0.6 is 11.3 Å². The average molecular weight is 386 g/mol. The van der Waals surface area contributed by atoms with Crippen molar-refractivity contribution in [1.29, 1.82) is 0 Å². The molecule has 9 heteroatoms. The molecule has 0 saturated carbocycles. The average Bonchev–Trinajstić information content (AvgIpc) is 3.17. The maximum atomic E-state index is 12.7. The molecule has 1 aromatic rings. The molecule has 3 heterocycles. The van der Waals surface area contributed by atoms with Crippen LogP contribution in [-0.4, -0.2) is 73.6 Å². The minimum Gasteiger partial charge on any atom is -0.339 e. The standard InChI is InChI=1S/C16H23N3O4S2/c1-13(20)17-8-10-18(11-9-17)16(21)14-4-6-19(7-5-14)25(22,23)15-3-2-12-24-15/h2-3,12,14H,4-11H2,1H3. The summed E-state index contributed by atoms with van der Waals surface area (Å²) in [4.78, 5) is 27.6. The second-order valence-corrected chi connectivity index (χ2v) is 9.55. The third-order valence-electron chi connectivity index (χ3n) is 4.93. The number of carbonyl (C=O) groups excluding carboxylic acids is 2. The van der Waals surface area contributed by atoms with Crippen molar-refractivity contribution in [3.63, 3.8) is 0 Å². The van der Waals surface area contributed by atoms with E-state index in [0.29, 0.717) is 56.3 Å². The smallest absolute Gasteiger partial charge is 0.252 e. The van der Waals surface area contributed by atoms with Gasteiger partial charge in [-0.15, -0.1) is 11.3 Å². The first-order valence-electron chi connectivity index (χ1n) is 8.47. The zero-order valence-electron chi connectivity index (χ0n) is 14.3. The van der Waals surface area contributed by atoms with Crippen LogP contribution in [0.15, 0.2) is 21.7 Å². The molecule has 2 fully saturated rings. The molecule has 2 saturated heterocycles. The Morgan fingerprint density at radius 2 is 1.64 bits per heavy atom. The van der Waals surface area contributed by atoms with Gasteiger partial charge >= 0.3 is 0 Å². The highest BCUT2D eigenvalue weighted by Gasteiger charge is 2.35. The van der Waals surface area contributed by atoms with E-state index in [1.54, 1.807) is 29.3 Å².